The van der Waals surface area contributed by atoms with E-state index < -0.39 is 0 Å². The lowest BCUT2D eigenvalue weighted by Crippen LogP contribution is -2.27. The van der Waals surface area contributed by atoms with Gasteiger partial charge in [0.25, 0.3) is 0 Å². The standard InChI is InChI=1S/C10H14N4O/c1-7-2-11-5-9(7)10(15)14-8-3-12-6-13-4-8/h3-4,6-7,9,11H,2,5H2,1H3,(H,14,15)/t7-,9-/m1/s1. The van der Waals surface area contributed by atoms with Crippen LogP contribution in [0.25, 0.3) is 0 Å². The van der Waals surface area contributed by atoms with E-state index in [4.69, 9.17) is 0 Å². The van der Waals surface area contributed by atoms with E-state index in [1.165, 1.54) is 6.33 Å². The molecule has 15 heavy (non-hydrogen) atoms. The van der Waals surface area contributed by atoms with E-state index >= 15 is 0 Å². The van der Waals surface area contributed by atoms with E-state index in [0.717, 1.165) is 13.1 Å². The van der Waals surface area contributed by atoms with Crippen molar-refractivity contribution in [3.05, 3.63) is 18.7 Å². The van der Waals surface area contributed by atoms with E-state index in [1.54, 1.807) is 12.4 Å². The third-order valence-electron chi connectivity index (χ3n) is 2.68. The fraction of sp³-hybridized carbons (Fsp3) is 0.500. The summed E-state index contributed by atoms with van der Waals surface area (Å²) in [4.78, 5) is 19.5. The van der Waals surface area contributed by atoms with Crippen molar-refractivity contribution < 1.29 is 4.79 Å². The highest BCUT2D eigenvalue weighted by Gasteiger charge is 2.29. The largest absolute Gasteiger partial charge is 0.323 e. The summed E-state index contributed by atoms with van der Waals surface area (Å²) in [5.74, 6) is 0.474. The summed E-state index contributed by atoms with van der Waals surface area (Å²) < 4.78 is 0. The molecule has 1 fully saturated rings. The minimum Gasteiger partial charge on any atom is -0.323 e. The van der Waals surface area contributed by atoms with Gasteiger partial charge in [0.1, 0.15) is 6.33 Å². The average Bonchev–Trinajstić information content (AvgIpc) is 2.66. The van der Waals surface area contributed by atoms with Crippen molar-refractivity contribution in [1.29, 1.82) is 0 Å². The molecule has 1 aromatic rings. The van der Waals surface area contributed by atoms with Crippen molar-refractivity contribution in [3.63, 3.8) is 0 Å². The molecule has 2 N–H and O–H groups in total. The Morgan fingerprint density at radius 3 is 2.80 bits per heavy atom. The lowest BCUT2D eigenvalue weighted by Gasteiger charge is -2.13. The van der Waals surface area contributed by atoms with Crippen molar-refractivity contribution in [3.8, 4) is 0 Å². The van der Waals surface area contributed by atoms with Crippen LogP contribution in [0.5, 0.6) is 0 Å². The molecule has 2 rings (SSSR count). The van der Waals surface area contributed by atoms with Gasteiger partial charge in [-0.15, -0.1) is 0 Å². The first-order valence-corrected chi connectivity index (χ1v) is 5.04. The molecule has 0 saturated carbocycles. The molecule has 0 aromatic carbocycles. The first-order valence-electron chi connectivity index (χ1n) is 5.04. The first-order chi connectivity index (χ1) is 7.27. The zero-order valence-corrected chi connectivity index (χ0v) is 8.60. The van der Waals surface area contributed by atoms with Gasteiger partial charge in [-0.1, -0.05) is 6.92 Å². The van der Waals surface area contributed by atoms with Crippen molar-refractivity contribution in [2.75, 3.05) is 18.4 Å². The molecule has 2 atom stereocenters. The van der Waals surface area contributed by atoms with E-state index in [1.807, 2.05) is 0 Å². The second-order valence-corrected chi connectivity index (χ2v) is 3.86. The number of hydrogen-bond acceptors (Lipinski definition) is 4. The van der Waals surface area contributed by atoms with E-state index in [0.29, 0.717) is 11.6 Å². The predicted octanol–water partition coefficient (Wildman–Crippen LogP) is 0.271. The van der Waals surface area contributed by atoms with Crippen LogP contribution in [0.3, 0.4) is 0 Å². The molecule has 1 aliphatic heterocycles. The monoisotopic (exact) mass is 206 g/mol. The zero-order valence-electron chi connectivity index (χ0n) is 8.60. The number of hydrogen-bond donors (Lipinski definition) is 2. The van der Waals surface area contributed by atoms with Crippen molar-refractivity contribution in [1.82, 2.24) is 15.3 Å². The Labute approximate surface area is 88.3 Å². The summed E-state index contributed by atoms with van der Waals surface area (Å²) in [6.45, 7) is 3.73. The number of carbonyl (C=O) groups excluding carboxylic acids is 1. The topological polar surface area (TPSA) is 66.9 Å². The molecule has 0 radical (unpaired) electrons. The van der Waals surface area contributed by atoms with Crippen LogP contribution in [0.15, 0.2) is 18.7 Å². The highest BCUT2D eigenvalue weighted by atomic mass is 16.1. The van der Waals surface area contributed by atoms with E-state index in [-0.39, 0.29) is 11.8 Å². The van der Waals surface area contributed by atoms with Gasteiger partial charge in [0.15, 0.2) is 0 Å². The molecule has 5 heteroatoms. The molecular formula is C10H14N4O. The van der Waals surface area contributed by atoms with Gasteiger partial charge in [0, 0.05) is 6.54 Å². The Morgan fingerprint density at radius 1 is 1.47 bits per heavy atom. The smallest absolute Gasteiger partial charge is 0.229 e. The fourth-order valence-corrected chi connectivity index (χ4v) is 1.76. The number of carbonyl (C=O) groups is 1. The first kappa shape index (κ1) is 10.0. The Kier molecular flexibility index (Phi) is 2.91. The van der Waals surface area contributed by atoms with Crippen molar-refractivity contribution in [2.45, 2.75) is 6.92 Å². The van der Waals surface area contributed by atoms with Crippen LogP contribution in [-0.2, 0) is 4.79 Å². The van der Waals surface area contributed by atoms with Crippen LogP contribution in [0.2, 0.25) is 0 Å². The predicted molar refractivity (Wildman–Crippen MR) is 56.2 cm³/mol. The maximum atomic E-state index is 11.8. The maximum absolute atomic E-state index is 11.8. The number of amides is 1. The van der Waals surface area contributed by atoms with Gasteiger partial charge >= 0.3 is 0 Å². The normalized spacial score (nSPS) is 25.1. The van der Waals surface area contributed by atoms with Crippen LogP contribution >= 0.6 is 0 Å². The Balaban J connectivity index is 1.98. The molecule has 1 aliphatic rings. The Bertz CT molecular complexity index is 341. The molecule has 0 spiro atoms. The molecule has 1 amide bonds. The van der Waals surface area contributed by atoms with Gasteiger partial charge < -0.3 is 10.6 Å². The van der Waals surface area contributed by atoms with Gasteiger partial charge in [0.2, 0.25) is 5.91 Å². The number of aromatic nitrogens is 2. The summed E-state index contributed by atoms with van der Waals surface area (Å²) >= 11 is 0. The zero-order chi connectivity index (χ0) is 10.7. The summed E-state index contributed by atoms with van der Waals surface area (Å²) in [7, 11) is 0. The minimum atomic E-state index is 0.0438. The third-order valence-corrected chi connectivity index (χ3v) is 2.68. The second kappa shape index (κ2) is 4.35. The maximum Gasteiger partial charge on any atom is 0.229 e. The Hall–Kier alpha value is -1.49. The minimum absolute atomic E-state index is 0.0438. The highest BCUT2D eigenvalue weighted by Crippen LogP contribution is 2.17. The van der Waals surface area contributed by atoms with Gasteiger partial charge in [-0.05, 0) is 12.5 Å². The SMILES string of the molecule is C[C@@H]1CNC[C@H]1C(=O)Nc1cncnc1. The van der Waals surface area contributed by atoms with Crippen LogP contribution in [-0.4, -0.2) is 29.0 Å². The van der Waals surface area contributed by atoms with E-state index in [9.17, 15) is 4.79 Å². The summed E-state index contributed by atoms with van der Waals surface area (Å²) in [5, 5.41) is 6.01. The number of nitrogens with one attached hydrogen (secondary N) is 2. The number of anilines is 1. The van der Waals surface area contributed by atoms with Crippen LogP contribution in [0.1, 0.15) is 6.92 Å². The lowest BCUT2D eigenvalue weighted by molar-refractivity contribution is -0.120. The van der Waals surface area contributed by atoms with Gasteiger partial charge in [0.05, 0.1) is 24.0 Å². The van der Waals surface area contributed by atoms with Crippen molar-refractivity contribution >= 4 is 11.6 Å². The summed E-state index contributed by atoms with van der Waals surface area (Å²) in [6, 6.07) is 0. The summed E-state index contributed by atoms with van der Waals surface area (Å²) in [5.41, 5.74) is 0.654. The fourth-order valence-electron chi connectivity index (χ4n) is 1.76. The lowest BCUT2D eigenvalue weighted by atomic mass is 9.97. The molecular weight excluding hydrogens is 192 g/mol. The van der Waals surface area contributed by atoms with Gasteiger partial charge in [-0.3, -0.25) is 4.79 Å². The third kappa shape index (κ3) is 2.30. The van der Waals surface area contributed by atoms with Gasteiger partial charge in [-0.2, -0.15) is 0 Å². The quantitative estimate of drug-likeness (QED) is 0.729. The average molecular weight is 206 g/mol. The van der Waals surface area contributed by atoms with Crippen LogP contribution < -0.4 is 10.6 Å². The molecule has 0 aliphatic carbocycles. The van der Waals surface area contributed by atoms with Crippen LogP contribution in [0.4, 0.5) is 5.69 Å². The molecule has 1 aromatic heterocycles. The molecule has 1 saturated heterocycles. The molecule has 80 valence electrons. The van der Waals surface area contributed by atoms with Crippen LogP contribution in [0, 0.1) is 11.8 Å². The second-order valence-electron chi connectivity index (χ2n) is 3.86. The van der Waals surface area contributed by atoms with E-state index in [2.05, 4.69) is 27.5 Å². The highest BCUT2D eigenvalue weighted by molar-refractivity contribution is 5.92. The van der Waals surface area contributed by atoms with Gasteiger partial charge in [-0.25, -0.2) is 9.97 Å². The number of nitrogens with zero attached hydrogens (tertiary/aromatic N) is 2. The Morgan fingerprint density at radius 2 is 2.20 bits per heavy atom. The molecule has 5 nitrogen and oxygen atoms in total. The molecule has 0 bridgehead atoms. The number of rotatable bonds is 2. The molecule has 2 heterocycles. The summed E-state index contributed by atoms with van der Waals surface area (Å²) in [6.07, 6.45) is 4.63. The molecule has 0 unspecified atom stereocenters. The van der Waals surface area contributed by atoms with Crippen molar-refractivity contribution in [2.24, 2.45) is 11.8 Å².